The van der Waals surface area contributed by atoms with Gasteiger partial charge in [-0.2, -0.15) is 0 Å². The molecule has 0 aliphatic heterocycles. The van der Waals surface area contributed by atoms with Gasteiger partial charge in [-0.15, -0.1) is 22.7 Å². The number of aliphatic hydroxyl groups excluding tert-OH is 1. The molecule has 1 unspecified atom stereocenters. The molecule has 0 amide bonds. The molecule has 1 saturated carbocycles. The molecule has 0 saturated heterocycles. The van der Waals surface area contributed by atoms with Gasteiger partial charge in [0.25, 0.3) is 0 Å². The summed E-state index contributed by atoms with van der Waals surface area (Å²) in [5.74, 6) is 0.594. The number of aromatic amines is 1. The second-order valence-electron chi connectivity index (χ2n) is 14.0. The summed E-state index contributed by atoms with van der Waals surface area (Å²) in [4.78, 5) is 31.2. The molecule has 1 aliphatic rings. The summed E-state index contributed by atoms with van der Waals surface area (Å²) in [5.41, 5.74) is 0.199. The van der Waals surface area contributed by atoms with E-state index in [4.69, 9.17) is 9.47 Å². The zero-order valence-electron chi connectivity index (χ0n) is 29.7. The standard InChI is InChI=1S/C41H48N2O7S2/c1-27(8-19-34(44)32-17-20-35(45)39-33(32)18-21-38(46)42-39)26-28-9-13-30(14-10-28)49-23-5-22-43(2)29-11-15-31(16-12-29)50-40(47)41(48,36-6-3-24-51-36)37-7-4-25-52-37/h3-4,6-7,9-10,13-14,17-18,20-21,24-25,27,29,31,34,44-45,48H,5,8,11-12,15-16,19,22-23,26H2,1-2H3,(H,42,46)/t27?,29?,31?,34-/m0/s1. The van der Waals surface area contributed by atoms with Crippen LogP contribution in [-0.4, -0.2) is 63.5 Å². The summed E-state index contributed by atoms with van der Waals surface area (Å²) in [6, 6.07) is 22.2. The van der Waals surface area contributed by atoms with Crippen LogP contribution in [0.15, 0.2) is 88.4 Å². The predicted molar refractivity (Wildman–Crippen MR) is 206 cm³/mol. The van der Waals surface area contributed by atoms with Crippen molar-refractivity contribution in [2.75, 3.05) is 20.2 Å². The fourth-order valence-corrected chi connectivity index (χ4v) is 8.91. The van der Waals surface area contributed by atoms with Gasteiger partial charge in [0.05, 0.1) is 28.0 Å². The second kappa shape index (κ2) is 17.2. The largest absolute Gasteiger partial charge is 0.506 e. The molecule has 0 bridgehead atoms. The van der Waals surface area contributed by atoms with Crippen LogP contribution in [0.4, 0.5) is 0 Å². The number of pyridine rings is 1. The second-order valence-corrected chi connectivity index (χ2v) is 15.9. The number of phenolic OH excluding ortho intramolecular Hbond substituents is 1. The van der Waals surface area contributed by atoms with Crippen molar-refractivity contribution in [2.45, 2.75) is 82.1 Å². The van der Waals surface area contributed by atoms with E-state index in [2.05, 4.69) is 36.0 Å². The summed E-state index contributed by atoms with van der Waals surface area (Å²) in [6.07, 6.45) is 5.66. The number of aromatic nitrogens is 1. The lowest BCUT2D eigenvalue weighted by atomic mass is 9.91. The van der Waals surface area contributed by atoms with Crippen molar-refractivity contribution in [1.29, 1.82) is 0 Å². The van der Waals surface area contributed by atoms with Gasteiger partial charge < -0.3 is 34.7 Å². The molecule has 5 aromatic rings. The number of nitrogens with one attached hydrogen (secondary N) is 1. The Morgan fingerprint density at radius 2 is 1.65 bits per heavy atom. The van der Waals surface area contributed by atoms with Crippen molar-refractivity contribution in [3.05, 3.63) is 115 Å². The monoisotopic (exact) mass is 744 g/mol. The quantitative estimate of drug-likeness (QED) is 0.0602. The van der Waals surface area contributed by atoms with E-state index in [0.717, 1.165) is 57.2 Å². The van der Waals surface area contributed by atoms with E-state index in [9.17, 15) is 24.9 Å². The van der Waals surface area contributed by atoms with Crippen LogP contribution in [0.5, 0.6) is 11.5 Å². The number of H-pyrrole nitrogens is 1. The zero-order valence-corrected chi connectivity index (χ0v) is 31.3. The molecular formula is C41H48N2O7S2. The molecule has 0 radical (unpaired) electrons. The molecule has 0 spiro atoms. The first kappa shape index (κ1) is 37.7. The molecule has 2 atom stereocenters. The number of rotatable bonds is 16. The van der Waals surface area contributed by atoms with E-state index in [1.807, 2.05) is 35.0 Å². The number of carbonyl (C=O) groups excluding carboxylic acids is 1. The number of hydrogen-bond acceptors (Lipinski definition) is 10. The van der Waals surface area contributed by atoms with E-state index in [-0.39, 0.29) is 17.4 Å². The van der Waals surface area contributed by atoms with E-state index in [1.165, 1.54) is 40.4 Å². The summed E-state index contributed by atoms with van der Waals surface area (Å²) < 4.78 is 12.0. The normalized spacial score (nSPS) is 17.6. The average molecular weight is 745 g/mol. The number of aliphatic hydroxyl groups is 2. The smallest absolute Gasteiger partial charge is 0.349 e. The number of carbonyl (C=O) groups is 1. The van der Waals surface area contributed by atoms with Crippen molar-refractivity contribution in [1.82, 2.24) is 9.88 Å². The van der Waals surface area contributed by atoms with Gasteiger partial charge in [0.2, 0.25) is 11.2 Å². The van der Waals surface area contributed by atoms with E-state index in [0.29, 0.717) is 51.2 Å². The molecule has 1 fully saturated rings. The topological polar surface area (TPSA) is 132 Å². The van der Waals surface area contributed by atoms with Gasteiger partial charge in [0.15, 0.2) is 0 Å². The Morgan fingerprint density at radius 1 is 0.962 bits per heavy atom. The Morgan fingerprint density at radius 3 is 2.31 bits per heavy atom. The van der Waals surface area contributed by atoms with Crippen molar-refractivity contribution in [3.8, 4) is 11.5 Å². The molecule has 2 aromatic carbocycles. The minimum atomic E-state index is -1.77. The molecular weight excluding hydrogens is 697 g/mol. The third-order valence-electron chi connectivity index (χ3n) is 10.2. The maximum absolute atomic E-state index is 13.3. The third-order valence-corrected chi connectivity index (χ3v) is 12.2. The lowest BCUT2D eigenvalue weighted by molar-refractivity contribution is -0.169. The Hall–Kier alpha value is -4.00. The fraction of sp³-hybridized carbons (Fsp3) is 0.415. The highest BCUT2D eigenvalue weighted by Gasteiger charge is 2.45. The van der Waals surface area contributed by atoms with Crippen LogP contribution in [0, 0.1) is 5.92 Å². The lowest BCUT2D eigenvalue weighted by Crippen LogP contribution is -2.42. The molecule has 4 N–H and O–H groups in total. The maximum atomic E-state index is 13.3. The Balaban J connectivity index is 0.883. The van der Waals surface area contributed by atoms with Crippen molar-refractivity contribution in [3.63, 3.8) is 0 Å². The van der Waals surface area contributed by atoms with Gasteiger partial charge in [-0.3, -0.25) is 4.79 Å². The van der Waals surface area contributed by atoms with Gasteiger partial charge in [-0.25, -0.2) is 4.79 Å². The van der Waals surface area contributed by atoms with E-state index >= 15 is 0 Å². The van der Waals surface area contributed by atoms with Crippen LogP contribution in [0.3, 0.4) is 0 Å². The average Bonchev–Trinajstić information content (AvgIpc) is 3.90. The van der Waals surface area contributed by atoms with Gasteiger partial charge in [-0.1, -0.05) is 37.3 Å². The van der Waals surface area contributed by atoms with Crippen LogP contribution < -0.4 is 10.3 Å². The number of esters is 1. The molecule has 3 aromatic heterocycles. The van der Waals surface area contributed by atoms with E-state index < -0.39 is 17.7 Å². The van der Waals surface area contributed by atoms with Gasteiger partial charge >= 0.3 is 5.97 Å². The molecule has 1 aliphatic carbocycles. The number of phenols is 1. The molecule has 276 valence electrons. The SMILES string of the molecule is CC(CC[C@H](O)c1ccc(O)c2[nH]c(=O)ccc12)Cc1ccc(OCCCN(C)C2CCC(OC(=O)C(O)(c3cccs3)c3cccs3)CC2)cc1. The summed E-state index contributed by atoms with van der Waals surface area (Å²) in [6.45, 7) is 3.71. The van der Waals surface area contributed by atoms with Crippen LogP contribution in [0.25, 0.3) is 10.9 Å². The fourth-order valence-electron chi connectivity index (χ4n) is 7.19. The third kappa shape index (κ3) is 8.95. The number of fused-ring (bicyclic) bond motifs is 1. The van der Waals surface area contributed by atoms with Crippen LogP contribution in [0.1, 0.15) is 78.9 Å². The van der Waals surface area contributed by atoms with Gasteiger partial charge in [0.1, 0.15) is 17.6 Å². The number of aromatic hydroxyl groups is 1. The number of benzene rings is 2. The number of thiophene rings is 2. The zero-order chi connectivity index (χ0) is 36.7. The molecule has 3 heterocycles. The molecule has 9 nitrogen and oxygen atoms in total. The summed E-state index contributed by atoms with van der Waals surface area (Å²) in [5, 5.41) is 37.0. The van der Waals surface area contributed by atoms with Gasteiger partial charge in [-0.05, 0) is 123 Å². The Kier molecular flexibility index (Phi) is 12.5. The van der Waals surface area contributed by atoms with Crippen molar-refractivity contribution >= 4 is 39.5 Å². The van der Waals surface area contributed by atoms with E-state index in [1.54, 1.807) is 24.3 Å². The Bertz CT molecular complexity index is 1900. The number of nitrogens with zero attached hydrogens (tertiary/aromatic N) is 1. The minimum absolute atomic E-state index is 0.0101. The molecule has 6 rings (SSSR count). The highest BCUT2D eigenvalue weighted by atomic mass is 32.1. The van der Waals surface area contributed by atoms with Crippen molar-refractivity contribution in [2.24, 2.45) is 5.92 Å². The Labute approximate surface area is 312 Å². The van der Waals surface area contributed by atoms with Crippen LogP contribution in [0.2, 0.25) is 0 Å². The number of hydrogen-bond donors (Lipinski definition) is 4. The molecule has 52 heavy (non-hydrogen) atoms. The highest BCUT2D eigenvalue weighted by molar-refractivity contribution is 7.12. The first-order chi connectivity index (χ1) is 25.1. The van der Waals surface area contributed by atoms with Gasteiger partial charge in [0, 0.05) is 24.0 Å². The summed E-state index contributed by atoms with van der Waals surface area (Å²) in [7, 11) is 2.15. The summed E-state index contributed by atoms with van der Waals surface area (Å²) >= 11 is 2.71. The first-order valence-electron chi connectivity index (χ1n) is 18.1. The number of ether oxygens (including phenoxy) is 2. The maximum Gasteiger partial charge on any atom is 0.349 e. The van der Waals surface area contributed by atoms with Crippen molar-refractivity contribution < 1.29 is 29.6 Å². The van der Waals surface area contributed by atoms with Crippen LogP contribution >= 0.6 is 22.7 Å². The highest BCUT2D eigenvalue weighted by Crippen LogP contribution is 2.38. The minimum Gasteiger partial charge on any atom is -0.506 e. The predicted octanol–water partition coefficient (Wildman–Crippen LogP) is 7.54. The lowest BCUT2D eigenvalue weighted by Gasteiger charge is -2.35. The molecule has 11 heteroatoms. The first-order valence-corrected chi connectivity index (χ1v) is 19.8. The van der Waals surface area contributed by atoms with Crippen LogP contribution in [-0.2, 0) is 21.6 Å².